The van der Waals surface area contributed by atoms with Gasteiger partial charge >= 0.3 is 44.0 Å². The van der Waals surface area contributed by atoms with Gasteiger partial charge in [0.25, 0.3) is 5.56 Å². The number of aromatic nitrogens is 2. The summed E-state index contributed by atoms with van der Waals surface area (Å²) < 4.78 is 136. The Bertz CT molecular complexity index is 2870. The topological polar surface area (TPSA) is 475 Å². The van der Waals surface area contributed by atoms with Crippen molar-refractivity contribution in [2.24, 2.45) is 27.5 Å². The molecular formula is C47H97N18O18P5. The molecule has 0 aliphatic carbocycles. The Labute approximate surface area is 514 Å². The summed E-state index contributed by atoms with van der Waals surface area (Å²) in [7, 11) is -11.9. The van der Waals surface area contributed by atoms with Crippen LogP contribution in [-0.2, 0) is 73.9 Å². The number of nitrogens with zero attached hydrogens (tertiary/aromatic N) is 6. The van der Waals surface area contributed by atoms with Gasteiger partial charge in [0.05, 0.1) is 106 Å². The van der Waals surface area contributed by atoms with Gasteiger partial charge in [0.2, 0.25) is 5.91 Å². The van der Waals surface area contributed by atoms with Gasteiger partial charge in [0, 0.05) is 57.6 Å². The third-order valence-electron chi connectivity index (χ3n) is 14.0. The minimum atomic E-state index is -4.39. The highest BCUT2D eigenvalue weighted by molar-refractivity contribution is 7.55. The molecule has 4 rings (SSSR count). The van der Waals surface area contributed by atoms with Gasteiger partial charge < -0.3 is 63.1 Å². The van der Waals surface area contributed by atoms with Crippen LogP contribution >= 0.6 is 38.4 Å². The third-order valence-corrected chi connectivity index (χ3v) is 22.7. The van der Waals surface area contributed by atoms with E-state index in [0.717, 1.165) is 10.9 Å². The molecule has 15 unspecified atom stereocenters. The lowest BCUT2D eigenvalue weighted by molar-refractivity contribution is -0.118. The Morgan fingerprint density at radius 3 is 1.97 bits per heavy atom. The maximum Gasteiger partial charge on any atom is 0.345 e. The van der Waals surface area contributed by atoms with Crippen LogP contribution in [0.4, 0.5) is 0 Å². The summed E-state index contributed by atoms with van der Waals surface area (Å²) in [5.74, 6) is -0.668. The summed E-state index contributed by atoms with van der Waals surface area (Å²) in [6.45, 7) is 12.4. The van der Waals surface area contributed by atoms with E-state index in [-0.39, 0.29) is 107 Å². The highest BCUT2D eigenvalue weighted by Gasteiger charge is 2.43. The molecule has 3 aliphatic rings. The number of carbonyl (C=O) groups excluding carboxylic acids is 1. The van der Waals surface area contributed by atoms with Gasteiger partial charge in [-0.2, -0.15) is 0 Å². The highest BCUT2D eigenvalue weighted by Crippen LogP contribution is 2.54. The maximum atomic E-state index is 14.7. The number of rotatable bonds is 39. The van der Waals surface area contributed by atoms with Gasteiger partial charge in [0.1, 0.15) is 12.0 Å². The molecular weight excluding hydrogens is 1260 g/mol. The van der Waals surface area contributed by atoms with Gasteiger partial charge in [-0.25, -0.2) is 60.2 Å². The number of H-pyrrole nitrogens is 1. The monoisotopic (exact) mass is 1360 g/mol. The van der Waals surface area contributed by atoms with Crippen LogP contribution in [0.3, 0.4) is 0 Å². The lowest BCUT2D eigenvalue weighted by atomic mass is 10.2. The van der Waals surface area contributed by atoms with E-state index in [0.29, 0.717) is 12.8 Å². The lowest BCUT2D eigenvalue weighted by Gasteiger charge is -2.42. The number of hydrogen-bond donors (Lipinski definition) is 12. The first-order chi connectivity index (χ1) is 41.2. The Kier molecular flexibility index (Phi) is 31.2. The summed E-state index contributed by atoms with van der Waals surface area (Å²) in [4.78, 5) is 45.6. The quantitative estimate of drug-likeness (QED) is 0.0187. The Morgan fingerprint density at radius 1 is 0.795 bits per heavy atom. The molecule has 1 aromatic rings. The fraction of sp³-hybridized carbons (Fsp3) is 0.809. The first-order valence-electron chi connectivity index (χ1n) is 28.6. The number of ether oxygens (including phenoxy) is 5. The number of aliphatic imine (C=N–C) groups is 1. The fourth-order valence-electron chi connectivity index (χ4n) is 8.82. The van der Waals surface area contributed by atoms with Crippen LogP contribution in [0.15, 0.2) is 32.2 Å². The zero-order valence-electron chi connectivity index (χ0n) is 52.6. The second-order valence-corrected chi connectivity index (χ2v) is 32.1. The largest absolute Gasteiger partial charge is 0.387 e. The van der Waals surface area contributed by atoms with Crippen molar-refractivity contribution in [3.8, 4) is 0 Å². The molecule has 0 aromatic carbocycles. The number of nitrogens with two attached hydrogens (primary N) is 4. The molecule has 3 fully saturated rings. The number of carbonyl (C=O) groups is 1. The van der Waals surface area contributed by atoms with Crippen molar-refractivity contribution in [3.63, 3.8) is 0 Å². The fourth-order valence-corrected chi connectivity index (χ4v) is 15.2. The molecule has 1 amide bonds. The second kappa shape index (κ2) is 35.4. The molecule has 0 radical (unpaired) electrons. The van der Waals surface area contributed by atoms with E-state index in [9.17, 15) is 37.2 Å². The van der Waals surface area contributed by atoms with E-state index in [1.54, 1.807) is 32.6 Å². The van der Waals surface area contributed by atoms with Gasteiger partial charge in [-0.05, 0) is 89.6 Å². The Morgan fingerprint density at radius 2 is 1.39 bits per heavy atom. The van der Waals surface area contributed by atoms with Crippen LogP contribution in [0.1, 0.15) is 73.1 Å². The molecule has 4 heterocycles. The normalized spacial score (nSPS) is 26.1. The summed E-state index contributed by atoms with van der Waals surface area (Å²) in [5.41, 5.74) is 22.3. The van der Waals surface area contributed by atoms with Crippen molar-refractivity contribution >= 4 is 56.4 Å². The van der Waals surface area contributed by atoms with Gasteiger partial charge in [-0.15, -0.1) is 0 Å². The number of morpholine rings is 3. The van der Waals surface area contributed by atoms with Crippen molar-refractivity contribution in [1.29, 1.82) is 5.41 Å². The molecule has 41 heteroatoms. The number of amidine groups is 1. The number of amides is 1. The lowest BCUT2D eigenvalue weighted by Crippen LogP contribution is -2.53. The first-order valence-corrected chi connectivity index (χ1v) is 36.8. The van der Waals surface area contributed by atoms with Gasteiger partial charge in [0.15, 0.2) is 6.23 Å². The van der Waals surface area contributed by atoms with Crippen molar-refractivity contribution in [3.05, 3.63) is 44.0 Å². The summed E-state index contributed by atoms with van der Waals surface area (Å²) in [6.07, 6.45) is -4.24. The molecule has 0 spiro atoms. The van der Waals surface area contributed by atoms with Crippen molar-refractivity contribution < 1.29 is 73.9 Å². The number of primary amides is 1. The molecule has 0 saturated carbocycles. The van der Waals surface area contributed by atoms with E-state index >= 15 is 0 Å². The Hall–Kier alpha value is -2.86. The summed E-state index contributed by atoms with van der Waals surface area (Å²) in [5, 5.41) is 24.8. The van der Waals surface area contributed by atoms with Crippen molar-refractivity contribution in [1.82, 2.24) is 59.2 Å². The van der Waals surface area contributed by atoms with Crippen molar-refractivity contribution in [2.45, 2.75) is 130 Å². The van der Waals surface area contributed by atoms with Crippen LogP contribution in [0.25, 0.3) is 0 Å². The van der Waals surface area contributed by atoms with Crippen LogP contribution in [0.5, 0.6) is 0 Å². The molecule has 15 atom stereocenters. The highest BCUT2D eigenvalue weighted by atomic mass is 31.2. The standard InChI is InChI=1S/C47H97N18O18P5/c1-14-32(4)79-39(18-58-87(72,55-11)76-27-38-17-56-19-42(82-38)65(30-48)45(59-36(8)49)35(7)44(50)66)26-75-85(52,70)62-22-41(83-43(24-62)64-20-31(3)46(67)60-47(64)68)29-77-86(71,54-10)57-16-33(5)80-37(15-2)25-78-88(73,61(12)13)63-21-34(6)81-40(23-63)28-74-84(51,69)53-9/h20,30,32-34,37-43,48,56H,14-19,21-29H2,1-13H3,(H2,49,59)(H2,50,66)(H2,52,70)(H3,51,53,69)(H2,54,57,71)(H2,55,58,72)(H,60,67,68)/b45-35+,48-30?. The average molecular weight is 1360 g/mol. The number of hydrogen-bond acceptors (Lipinski definition) is 21. The molecule has 88 heavy (non-hydrogen) atoms. The zero-order chi connectivity index (χ0) is 66.0. The molecule has 0 bridgehead atoms. The molecule has 3 saturated heterocycles. The van der Waals surface area contributed by atoms with Crippen LogP contribution in [-0.4, -0.2) is 222 Å². The van der Waals surface area contributed by atoms with Crippen LogP contribution in [0.2, 0.25) is 0 Å². The molecule has 16 N–H and O–H groups in total. The zero-order valence-corrected chi connectivity index (χ0v) is 57.1. The molecule has 36 nitrogen and oxygen atoms in total. The summed E-state index contributed by atoms with van der Waals surface area (Å²) >= 11 is 0. The third kappa shape index (κ3) is 23.6. The summed E-state index contributed by atoms with van der Waals surface area (Å²) in [6, 6.07) is 0. The van der Waals surface area contributed by atoms with Crippen LogP contribution in [0, 0.1) is 12.3 Å². The number of aromatic amines is 1. The number of nitrogens with one attached hydrogen (secondary N) is 8. The predicted molar refractivity (Wildman–Crippen MR) is 331 cm³/mol. The van der Waals surface area contributed by atoms with E-state index in [2.05, 4.69) is 40.7 Å². The minimum absolute atomic E-state index is 0.00995. The smallest absolute Gasteiger partial charge is 0.345 e. The molecule has 508 valence electrons. The minimum Gasteiger partial charge on any atom is -0.387 e. The van der Waals surface area contributed by atoms with E-state index in [4.69, 9.17) is 74.2 Å². The van der Waals surface area contributed by atoms with Crippen LogP contribution < -0.4 is 64.5 Å². The second-order valence-electron chi connectivity index (χ2n) is 21.4. The molecule has 1 aromatic heterocycles. The predicted octanol–water partition coefficient (Wildman–Crippen LogP) is 0.758. The molecule has 3 aliphatic heterocycles. The van der Waals surface area contributed by atoms with E-state index in [1.165, 1.54) is 62.4 Å². The first kappa shape index (κ1) is 77.6. The maximum absolute atomic E-state index is 14.7. The average Bonchev–Trinajstić information content (AvgIpc) is 2.54. The van der Waals surface area contributed by atoms with Gasteiger partial charge in [-0.3, -0.25) is 52.3 Å². The van der Waals surface area contributed by atoms with E-state index in [1.807, 2.05) is 20.8 Å². The SMILES string of the molecule is CCC(C)OC(CNP(=O)(NC)OCC1CNCC(N(C=N)/C(N=C(C)N)=C(\C)C(N)=O)O1)COP(N)(=O)N1CC(COP(=O)(NC)NCC(C)OC(CC)COP(=O)(N(C)C)N2CC(C)OC(COP(N)(=O)NC)C2)OC(n2cc(C)c(=O)[nH]c2=O)C1. The Balaban J connectivity index is 1.43. The number of aryl methyl sites for hydroxylation is 1. The van der Waals surface area contributed by atoms with Gasteiger partial charge in [-0.1, -0.05) is 13.8 Å². The van der Waals surface area contributed by atoms with E-state index < -0.39 is 118 Å². The van der Waals surface area contributed by atoms with Crippen molar-refractivity contribution in [2.75, 3.05) is 121 Å².